The predicted molar refractivity (Wildman–Crippen MR) is 88.5 cm³/mol. The van der Waals surface area contributed by atoms with Gasteiger partial charge in [-0.25, -0.2) is 4.79 Å². The number of hydrogen-bond acceptors (Lipinski definition) is 4. The van der Waals surface area contributed by atoms with Crippen LogP contribution in [0.15, 0.2) is 42.5 Å². The Hall–Kier alpha value is -3.02. The Labute approximate surface area is 140 Å². The molecule has 0 atom stereocenters. The average molecular weight is 329 g/mol. The van der Waals surface area contributed by atoms with Crippen molar-refractivity contribution in [3.63, 3.8) is 0 Å². The number of aryl methyl sites for hydroxylation is 1. The van der Waals surface area contributed by atoms with E-state index < -0.39 is 5.97 Å². The molecule has 0 aromatic heterocycles. The molecule has 0 aliphatic carbocycles. The maximum Gasteiger partial charge on any atom is 0.339 e. The van der Waals surface area contributed by atoms with Crippen molar-refractivity contribution >= 4 is 11.9 Å². The number of amides is 1. The summed E-state index contributed by atoms with van der Waals surface area (Å²) in [6.45, 7) is 2.11. The normalized spacial score (nSPS) is 10.1. The highest BCUT2D eigenvalue weighted by Crippen LogP contribution is 2.24. The molecule has 0 bridgehead atoms. The van der Waals surface area contributed by atoms with Crippen LogP contribution in [-0.4, -0.2) is 30.7 Å². The van der Waals surface area contributed by atoms with Crippen LogP contribution >= 0.6 is 0 Å². The zero-order chi connectivity index (χ0) is 17.5. The van der Waals surface area contributed by atoms with Gasteiger partial charge in [-0.15, -0.1) is 0 Å². The number of carbonyl (C=O) groups excluding carboxylic acids is 1. The topological polar surface area (TPSA) is 84.9 Å². The monoisotopic (exact) mass is 329 g/mol. The largest absolute Gasteiger partial charge is 0.497 e. The number of methoxy groups -OCH3 is 1. The van der Waals surface area contributed by atoms with Crippen molar-refractivity contribution in [3.8, 4) is 11.5 Å². The summed E-state index contributed by atoms with van der Waals surface area (Å²) in [6.07, 6.45) is 0. The summed E-state index contributed by atoms with van der Waals surface area (Å²) in [5.74, 6) is -0.955. The lowest BCUT2D eigenvalue weighted by Crippen LogP contribution is -2.28. The molecule has 0 saturated heterocycles. The summed E-state index contributed by atoms with van der Waals surface area (Å²) in [4.78, 5) is 23.1. The molecule has 2 aromatic carbocycles. The van der Waals surface area contributed by atoms with Crippen LogP contribution in [0.1, 0.15) is 21.5 Å². The van der Waals surface area contributed by atoms with Crippen molar-refractivity contribution < 1.29 is 24.2 Å². The Balaban J connectivity index is 1.91. The molecular formula is C18H19NO5. The molecule has 6 nitrogen and oxygen atoms in total. The van der Waals surface area contributed by atoms with E-state index in [9.17, 15) is 14.7 Å². The number of benzene rings is 2. The first kappa shape index (κ1) is 17.3. The van der Waals surface area contributed by atoms with E-state index >= 15 is 0 Å². The summed E-state index contributed by atoms with van der Waals surface area (Å²) in [6, 6.07) is 12.2. The summed E-state index contributed by atoms with van der Waals surface area (Å²) < 4.78 is 10.3. The van der Waals surface area contributed by atoms with Gasteiger partial charge in [-0.05, 0) is 30.7 Å². The third-order valence-electron chi connectivity index (χ3n) is 3.39. The number of nitrogens with one attached hydrogen (secondary N) is 1. The maximum absolute atomic E-state index is 11.9. The van der Waals surface area contributed by atoms with E-state index in [0.717, 1.165) is 11.1 Å². The van der Waals surface area contributed by atoms with Gasteiger partial charge < -0.3 is 19.9 Å². The smallest absolute Gasteiger partial charge is 0.339 e. The van der Waals surface area contributed by atoms with Gasteiger partial charge in [0.15, 0.2) is 6.61 Å². The van der Waals surface area contributed by atoms with E-state index in [2.05, 4.69) is 5.32 Å². The maximum atomic E-state index is 11.9. The van der Waals surface area contributed by atoms with Gasteiger partial charge in [0.1, 0.15) is 17.1 Å². The lowest BCUT2D eigenvalue weighted by Gasteiger charge is -2.11. The number of carbonyl (C=O) groups is 2. The molecule has 0 aliphatic rings. The first-order valence-electron chi connectivity index (χ1n) is 7.36. The molecule has 1 amide bonds. The molecule has 0 spiro atoms. The molecule has 0 heterocycles. The molecule has 0 radical (unpaired) electrons. The summed E-state index contributed by atoms with van der Waals surface area (Å²) in [7, 11) is 1.44. The molecule has 2 aromatic rings. The fourth-order valence-corrected chi connectivity index (χ4v) is 2.03. The Morgan fingerprint density at radius 2 is 1.83 bits per heavy atom. The number of carboxylic acid groups (broad SMARTS) is 1. The molecule has 0 unspecified atom stereocenters. The van der Waals surface area contributed by atoms with E-state index in [1.54, 1.807) is 6.07 Å². The van der Waals surface area contributed by atoms with Gasteiger partial charge in [0.2, 0.25) is 0 Å². The minimum atomic E-state index is -1.15. The number of aromatic carboxylic acids is 1. The Morgan fingerprint density at radius 1 is 1.12 bits per heavy atom. The average Bonchev–Trinajstić information content (AvgIpc) is 2.59. The highest BCUT2D eigenvalue weighted by Gasteiger charge is 2.14. The fraction of sp³-hybridized carbons (Fsp3) is 0.222. The second-order valence-electron chi connectivity index (χ2n) is 5.22. The predicted octanol–water partition coefficient (Wildman–Crippen LogP) is 2.40. The second kappa shape index (κ2) is 8.01. The van der Waals surface area contributed by atoms with Gasteiger partial charge in [-0.2, -0.15) is 0 Å². The van der Waals surface area contributed by atoms with Crippen molar-refractivity contribution in [2.75, 3.05) is 13.7 Å². The molecule has 24 heavy (non-hydrogen) atoms. The van der Waals surface area contributed by atoms with Crippen LogP contribution in [0.3, 0.4) is 0 Å². The summed E-state index contributed by atoms with van der Waals surface area (Å²) in [5.41, 5.74) is 2.07. The van der Waals surface area contributed by atoms with Gasteiger partial charge in [-0.3, -0.25) is 4.79 Å². The van der Waals surface area contributed by atoms with Gasteiger partial charge in [0.05, 0.1) is 7.11 Å². The third-order valence-corrected chi connectivity index (χ3v) is 3.39. The molecule has 2 N–H and O–H groups in total. The quantitative estimate of drug-likeness (QED) is 0.815. The molecule has 126 valence electrons. The van der Waals surface area contributed by atoms with Crippen LogP contribution in [0.2, 0.25) is 0 Å². The van der Waals surface area contributed by atoms with Crippen LogP contribution in [0, 0.1) is 6.92 Å². The molecular weight excluding hydrogens is 310 g/mol. The van der Waals surface area contributed by atoms with Crippen molar-refractivity contribution in [1.82, 2.24) is 5.32 Å². The van der Waals surface area contributed by atoms with Gasteiger partial charge in [-0.1, -0.05) is 29.8 Å². The van der Waals surface area contributed by atoms with E-state index in [1.807, 2.05) is 31.2 Å². The van der Waals surface area contributed by atoms with Crippen molar-refractivity contribution in [2.24, 2.45) is 0 Å². The molecule has 0 fully saturated rings. The summed E-state index contributed by atoms with van der Waals surface area (Å²) >= 11 is 0. The lowest BCUT2D eigenvalue weighted by atomic mass is 10.1. The highest BCUT2D eigenvalue weighted by molar-refractivity contribution is 5.91. The molecule has 0 saturated carbocycles. The molecule has 6 heteroatoms. The Kier molecular flexibility index (Phi) is 5.78. The van der Waals surface area contributed by atoms with Crippen molar-refractivity contribution in [3.05, 3.63) is 59.2 Å². The first-order valence-corrected chi connectivity index (χ1v) is 7.36. The van der Waals surface area contributed by atoms with Gasteiger partial charge in [0, 0.05) is 6.54 Å². The minimum Gasteiger partial charge on any atom is -0.497 e. The standard InChI is InChI=1S/C18H19NO5/c1-12-3-5-13(6-4-12)10-19-17(20)11-24-16-8-7-14(23-2)9-15(16)18(21)22/h3-9H,10-11H2,1-2H3,(H,19,20)(H,21,22). The number of rotatable bonds is 7. The van der Waals surface area contributed by atoms with Gasteiger partial charge in [0.25, 0.3) is 5.91 Å². The lowest BCUT2D eigenvalue weighted by molar-refractivity contribution is -0.123. The molecule has 0 aliphatic heterocycles. The first-order chi connectivity index (χ1) is 11.5. The Morgan fingerprint density at radius 3 is 2.46 bits per heavy atom. The van der Waals surface area contributed by atoms with Crippen LogP contribution in [0.5, 0.6) is 11.5 Å². The number of ether oxygens (including phenoxy) is 2. The van der Waals surface area contributed by atoms with Crippen molar-refractivity contribution in [2.45, 2.75) is 13.5 Å². The van der Waals surface area contributed by atoms with Crippen LogP contribution in [-0.2, 0) is 11.3 Å². The number of hydrogen-bond donors (Lipinski definition) is 2. The van der Waals surface area contributed by atoms with Crippen molar-refractivity contribution in [1.29, 1.82) is 0 Å². The van der Waals surface area contributed by atoms with E-state index in [4.69, 9.17) is 9.47 Å². The molecule has 2 rings (SSSR count). The number of carboxylic acids is 1. The minimum absolute atomic E-state index is 0.0549. The van der Waals surface area contributed by atoms with Gasteiger partial charge >= 0.3 is 5.97 Å². The van der Waals surface area contributed by atoms with Crippen LogP contribution in [0.25, 0.3) is 0 Å². The van der Waals surface area contributed by atoms with E-state index in [-0.39, 0.29) is 23.8 Å². The Bertz CT molecular complexity index is 725. The van der Waals surface area contributed by atoms with Crippen LogP contribution < -0.4 is 14.8 Å². The fourth-order valence-electron chi connectivity index (χ4n) is 2.03. The summed E-state index contributed by atoms with van der Waals surface area (Å²) in [5, 5.41) is 11.9. The zero-order valence-corrected chi connectivity index (χ0v) is 13.5. The highest BCUT2D eigenvalue weighted by atomic mass is 16.5. The van der Waals surface area contributed by atoms with E-state index in [0.29, 0.717) is 12.3 Å². The zero-order valence-electron chi connectivity index (χ0n) is 13.5. The SMILES string of the molecule is COc1ccc(OCC(=O)NCc2ccc(C)cc2)c(C(=O)O)c1. The van der Waals surface area contributed by atoms with Crippen LogP contribution in [0.4, 0.5) is 0 Å². The van der Waals surface area contributed by atoms with E-state index in [1.165, 1.54) is 19.2 Å². The third kappa shape index (κ3) is 4.74. The second-order valence-corrected chi connectivity index (χ2v) is 5.22.